The minimum Gasteiger partial charge on any atom is -0.464 e. The summed E-state index contributed by atoms with van der Waals surface area (Å²) in [7, 11) is 1.31. The second-order valence-corrected chi connectivity index (χ2v) is 2.48. The zero-order valence-corrected chi connectivity index (χ0v) is 9.36. The number of ether oxygens (including phenoxy) is 1. The van der Waals surface area contributed by atoms with Gasteiger partial charge in [0.25, 0.3) is 0 Å². The molecule has 4 heteroatoms. The third kappa shape index (κ3) is 4.56. The summed E-state index contributed by atoms with van der Waals surface area (Å²) in [6.07, 6.45) is 0.449. The van der Waals surface area contributed by atoms with Crippen molar-refractivity contribution >= 4 is 5.97 Å². The first-order chi connectivity index (χ1) is 7.27. The lowest BCUT2D eigenvalue weighted by atomic mass is 10.2. The predicted octanol–water partition coefficient (Wildman–Crippen LogP) is 1.43. The molecule has 1 rings (SSSR count). The van der Waals surface area contributed by atoms with Gasteiger partial charge in [-0.15, -0.1) is 0 Å². The van der Waals surface area contributed by atoms with Gasteiger partial charge in [0.1, 0.15) is 5.69 Å². The van der Waals surface area contributed by atoms with E-state index in [1.165, 1.54) is 7.11 Å². The van der Waals surface area contributed by atoms with E-state index in [4.69, 9.17) is 5.11 Å². The van der Waals surface area contributed by atoms with Crippen molar-refractivity contribution < 1.29 is 14.6 Å². The van der Waals surface area contributed by atoms with E-state index >= 15 is 0 Å². The molecule has 0 bridgehead atoms. The van der Waals surface area contributed by atoms with Gasteiger partial charge in [0.05, 0.1) is 7.11 Å². The highest BCUT2D eigenvalue weighted by Crippen LogP contribution is 2.01. The molecule has 0 atom stereocenters. The first kappa shape index (κ1) is 13.6. The van der Waals surface area contributed by atoms with Crippen LogP contribution >= 0.6 is 0 Å². The number of aliphatic hydroxyl groups is 1. The summed E-state index contributed by atoms with van der Waals surface area (Å²) in [6.45, 7) is 4.03. The van der Waals surface area contributed by atoms with Crippen molar-refractivity contribution in [3.05, 3.63) is 29.6 Å². The normalized spacial score (nSPS) is 8.80. The van der Waals surface area contributed by atoms with E-state index in [2.05, 4.69) is 9.72 Å². The molecule has 1 aromatic heterocycles. The molecule has 4 nitrogen and oxygen atoms in total. The molecule has 0 aliphatic carbocycles. The van der Waals surface area contributed by atoms with Gasteiger partial charge < -0.3 is 9.84 Å². The summed E-state index contributed by atoms with van der Waals surface area (Å²) in [6, 6.07) is 5.04. The number of rotatable bonds is 3. The highest BCUT2D eigenvalue weighted by Gasteiger charge is 2.06. The van der Waals surface area contributed by atoms with Crippen molar-refractivity contribution in [2.75, 3.05) is 13.7 Å². The largest absolute Gasteiger partial charge is 0.464 e. The third-order valence-corrected chi connectivity index (χ3v) is 1.57. The van der Waals surface area contributed by atoms with E-state index in [-0.39, 0.29) is 12.3 Å². The first-order valence-corrected chi connectivity index (χ1v) is 4.93. The lowest BCUT2D eigenvalue weighted by Gasteiger charge is -2.00. The molecule has 1 N–H and O–H groups in total. The van der Waals surface area contributed by atoms with E-state index in [9.17, 15) is 4.79 Å². The quantitative estimate of drug-likeness (QED) is 0.768. The molecule has 0 aliphatic rings. The third-order valence-electron chi connectivity index (χ3n) is 1.57. The maximum Gasteiger partial charge on any atom is 0.356 e. The zero-order valence-electron chi connectivity index (χ0n) is 9.36. The van der Waals surface area contributed by atoms with Crippen LogP contribution in [-0.2, 0) is 11.2 Å². The molecule has 84 valence electrons. The molecular formula is C11H17NO3. The van der Waals surface area contributed by atoms with Gasteiger partial charge in [-0.2, -0.15) is 0 Å². The summed E-state index contributed by atoms with van der Waals surface area (Å²) >= 11 is 0. The Kier molecular flexibility index (Phi) is 7.18. The molecule has 0 saturated heterocycles. The Labute approximate surface area is 89.9 Å². The van der Waals surface area contributed by atoms with Gasteiger partial charge in [0, 0.05) is 18.7 Å². The molecule has 0 radical (unpaired) electrons. The van der Waals surface area contributed by atoms with Gasteiger partial charge in [0.2, 0.25) is 0 Å². The molecule has 0 amide bonds. The Morgan fingerprint density at radius 2 is 2.13 bits per heavy atom. The van der Waals surface area contributed by atoms with Gasteiger partial charge in [-0.1, -0.05) is 19.9 Å². The second kappa shape index (κ2) is 7.94. The van der Waals surface area contributed by atoms with Crippen molar-refractivity contribution in [2.24, 2.45) is 0 Å². The van der Waals surface area contributed by atoms with Crippen LogP contribution in [0.2, 0.25) is 0 Å². The maximum absolute atomic E-state index is 11.0. The van der Waals surface area contributed by atoms with Crippen molar-refractivity contribution in [2.45, 2.75) is 20.3 Å². The van der Waals surface area contributed by atoms with Gasteiger partial charge in [-0.25, -0.2) is 9.78 Å². The molecule has 0 fully saturated rings. The molecule has 15 heavy (non-hydrogen) atoms. The highest BCUT2D eigenvalue weighted by molar-refractivity contribution is 5.87. The minimum atomic E-state index is -0.459. The van der Waals surface area contributed by atoms with Gasteiger partial charge >= 0.3 is 5.97 Å². The first-order valence-electron chi connectivity index (χ1n) is 4.93. The number of methoxy groups -OCH3 is 1. The molecular weight excluding hydrogens is 194 g/mol. The van der Waals surface area contributed by atoms with E-state index in [1.807, 2.05) is 13.8 Å². The van der Waals surface area contributed by atoms with Crippen LogP contribution in [0.3, 0.4) is 0 Å². The fourth-order valence-corrected chi connectivity index (χ4v) is 0.952. The lowest BCUT2D eigenvalue weighted by molar-refractivity contribution is 0.0593. The van der Waals surface area contributed by atoms with Gasteiger partial charge in [-0.3, -0.25) is 0 Å². The number of pyridine rings is 1. The summed E-state index contributed by atoms with van der Waals surface area (Å²) < 4.78 is 4.51. The summed E-state index contributed by atoms with van der Waals surface area (Å²) in [5, 5.41) is 8.65. The number of aromatic nitrogens is 1. The summed E-state index contributed by atoms with van der Waals surface area (Å²) in [5.74, 6) is -0.459. The SMILES string of the molecule is CC.COC(=O)c1cccc(CCO)n1. The van der Waals surface area contributed by atoms with Crippen molar-refractivity contribution in [1.29, 1.82) is 0 Å². The maximum atomic E-state index is 11.0. The number of hydrogen-bond acceptors (Lipinski definition) is 4. The van der Waals surface area contributed by atoms with Gasteiger partial charge in [-0.05, 0) is 12.1 Å². The van der Waals surface area contributed by atoms with E-state index in [1.54, 1.807) is 18.2 Å². The summed E-state index contributed by atoms with van der Waals surface area (Å²) in [4.78, 5) is 15.0. The summed E-state index contributed by atoms with van der Waals surface area (Å²) in [5.41, 5.74) is 0.957. The molecule has 0 aliphatic heterocycles. The Morgan fingerprint density at radius 3 is 2.67 bits per heavy atom. The predicted molar refractivity (Wildman–Crippen MR) is 57.7 cm³/mol. The fourth-order valence-electron chi connectivity index (χ4n) is 0.952. The average Bonchev–Trinajstić information content (AvgIpc) is 2.31. The molecule has 1 aromatic rings. The molecule has 0 unspecified atom stereocenters. The molecule has 0 saturated carbocycles. The van der Waals surface area contributed by atoms with E-state index < -0.39 is 5.97 Å². The van der Waals surface area contributed by atoms with Crippen molar-refractivity contribution in [1.82, 2.24) is 4.98 Å². The topological polar surface area (TPSA) is 59.4 Å². The second-order valence-electron chi connectivity index (χ2n) is 2.48. The number of nitrogens with zero attached hydrogens (tertiary/aromatic N) is 1. The molecule has 0 spiro atoms. The minimum absolute atomic E-state index is 0.0254. The fraction of sp³-hybridized carbons (Fsp3) is 0.455. The van der Waals surface area contributed by atoms with Crippen LogP contribution in [0.25, 0.3) is 0 Å². The van der Waals surface area contributed by atoms with E-state index in [0.717, 1.165) is 0 Å². The van der Waals surface area contributed by atoms with Crippen LogP contribution in [0.4, 0.5) is 0 Å². The van der Waals surface area contributed by atoms with Crippen LogP contribution in [-0.4, -0.2) is 29.8 Å². The van der Waals surface area contributed by atoms with E-state index in [0.29, 0.717) is 12.1 Å². The average molecular weight is 211 g/mol. The van der Waals surface area contributed by atoms with Crippen LogP contribution < -0.4 is 0 Å². The van der Waals surface area contributed by atoms with Crippen molar-refractivity contribution in [3.63, 3.8) is 0 Å². The van der Waals surface area contributed by atoms with Crippen molar-refractivity contribution in [3.8, 4) is 0 Å². The number of esters is 1. The monoisotopic (exact) mass is 211 g/mol. The number of hydrogen-bond donors (Lipinski definition) is 1. The number of aliphatic hydroxyl groups excluding tert-OH is 1. The van der Waals surface area contributed by atoms with Gasteiger partial charge in [0.15, 0.2) is 0 Å². The zero-order chi connectivity index (χ0) is 11.7. The smallest absolute Gasteiger partial charge is 0.356 e. The standard InChI is InChI=1S/C9H11NO3.C2H6/c1-13-9(12)8-4-2-3-7(10-8)5-6-11;1-2/h2-4,11H,5-6H2,1H3;1-2H3. The molecule has 0 aromatic carbocycles. The Morgan fingerprint density at radius 1 is 1.47 bits per heavy atom. The van der Waals surface area contributed by atoms with Crippen LogP contribution in [0.15, 0.2) is 18.2 Å². The van der Waals surface area contributed by atoms with Crippen LogP contribution in [0, 0.1) is 0 Å². The number of carbonyl (C=O) groups is 1. The Bertz CT molecular complexity index is 300. The molecule has 1 heterocycles. The Hall–Kier alpha value is -1.42. The Balaban J connectivity index is 0.000000921. The number of carbonyl (C=O) groups excluding carboxylic acids is 1. The highest BCUT2D eigenvalue weighted by atomic mass is 16.5. The van der Waals surface area contributed by atoms with Crippen LogP contribution in [0.5, 0.6) is 0 Å². The lowest BCUT2D eigenvalue weighted by Crippen LogP contribution is -2.06. The van der Waals surface area contributed by atoms with Crippen LogP contribution in [0.1, 0.15) is 30.0 Å².